The van der Waals surface area contributed by atoms with Crippen molar-refractivity contribution in [1.82, 2.24) is 10.3 Å². The molecular formula is C14H14N2O2. The van der Waals surface area contributed by atoms with E-state index in [-0.39, 0.29) is 19.1 Å². The normalized spacial score (nSPS) is 10.1. The predicted molar refractivity (Wildman–Crippen MR) is 69.1 cm³/mol. The van der Waals surface area contributed by atoms with Crippen LogP contribution < -0.4 is 5.32 Å². The van der Waals surface area contributed by atoms with Crippen molar-refractivity contribution < 1.29 is 9.90 Å². The Hall–Kier alpha value is -2.20. The third-order valence-corrected chi connectivity index (χ3v) is 2.54. The molecule has 0 aliphatic carbocycles. The van der Waals surface area contributed by atoms with Crippen molar-refractivity contribution >= 4 is 5.91 Å². The van der Waals surface area contributed by atoms with Crippen LogP contribution >= 0.6 is 0 Å². The highest BCUT2D eigenvalue weighted by molar-refractivity contribution is 5.94. The summed E-state index contributed by atoms with van der Waals surface area (Å²) in [6, 6.07) is 11.1. The Morgan fingerprint density at radius 3 is 2.56 bits per heavy atom. The number of benzene rings is 1. The number of amides is 1. The third-order valence-electron chi connectivity index (χ3n) is 2.54. The summed E-state index contributed by atoms with van der Waals surface area (Å²) in [4.78, 5) is 15.7. The molecule has 0 fully saturated rings. The largest absolute Gasteiger partial charge is 0.395 e. The van der Waals surface area contributed by atoms with Gasteiger partial charge in [-0.05, 0) is 29.3 Å². The Morgan fingerprint density at radius 2 is 1.94 bits per heavy atom. The molecule has 0 saturated carbocycles. The zero-order valence-electron chi connectivity index (χ0n) is 9.84. The molecule has 1 amide bonds. The molecule has 0 spiro atoms. The van der Waals surface area contributed by atoms with E-state index in [1.165, 1.54) is 0 Å². The molecule has 0 aliphatic heterocycles. The Morgan fingerprint density at radius 1 is 1.17 bits per heavy atom. The Bertz CT molecular complexity index is 509. The molecule has 0 aliphatic rings. The maximum Gasteiger partial charge on any atom is 0.251 e. The summed E-state index contributed by atoms with van der Waals surface area (Å²) in [5.74, 6) is -0.179. The average molecular weight is 242 g/mol. The predicted octanol–water partition coefficient (Wildman–Crippen LogP) is 1.47. The average Bonchev–Trinajstić information content (AvgIpc) is 2.46. The van der Waals surface area contributed by atoms with E-state index >= 15 is 0 Å². The third kappa shape index (κ3) is 2.93. The number of rotatable bonds is 4. The van der Waals surface area contributed by atoms with Crippen LogP contribution in [-0.2, 0) is 0 Å². The summed E-state index contributed by atoms with van der Waals surface area (Å²) in [6.07, 6.45) is 3.50. The van der Waals surface area contributed by atoms with Crippen molar-refractivity contribution in [3.63, 3.8) is 0 Å². The van der Waals surface area contributed by atoms with Crippen LogP contribution in [0.4, 0.5) is 0 Å². The molecular weight excluding hydrogens is 228 g/mol. The molecule has 92 valence electrons. The summed E-state index contributed by atoms with van der Waals surface area (Å²) in [5, 5.41) is 11.2. The first-order valence-electron chi connectivity index (χ1n) is 5.71. The second-order valence-electron chi connectivity index (χ2n) is 3.80. The zero-order chi connectivity index (χ0) is 12.8. The highest BCUT2D eigenvalue weighted by Gasteiger charge is 2.04. The van der Waals surface area contributed by atoms with Gasteiger partial charge in [-0.15, -0.1) is 0 Å². The lowest BCUT2D eigenvalue weighted by atomic mass is 10.1. The molecule has 2 aromatic rings. The lowest BCUT2D eigenvalue weighted by Crippen LogP contribution is -2.26. The molecule has 1 aromatic heterocycles. The van der Waals surface area contributed by atoms with E-state index in [0.29, 0.717) is 5.56 Å². The quantitative estimate of drug-likeness (QED) is 0.853. The second-order valence-corrected chi connectivity index (χ2v) is 3.80. The van der Waals surface area contributed by atoms with Gasteiger partial charge in [0.2, 0.25) is 0 Å². The number of hydrogen-bond acceptors (Lipinski definition) is 3. The van der Waals surface area contributed by atoms with E-state index in [4.69, 9.17) is 5.11 Å². The van der Waals surface area contributed by atoms with Gasteiger partial charge >= 0.3 is 0 Å². The minimum Gasteiger partial charge on any atom is -0.395 e. The van der Waals surface area contributed by atoms with Gasteiger partial charge in [-0.2, -0.15) is 0 Å². The van der Waals surface area contributed by atoms with E-state index in [0.717, 1.165) is 11.1 Å². The van der Waals surface area contributed by atoms with Crippen molar-refractivity contribution in [3.05, 3.63) is 54.4 Å². The molecule has 0 saturated heterocycles. The summed E-state index contributed by atoms with van der Waals surface area (Å²) < 4.78 is 0. The van der Waals surface area contributed by atoms with Gasteiger partial charge in [-0.1, -0.05) is 18.2 Å². The lowest BCUT2D eigenvalue weighted by molar-refractivity contribution is 0.0945. The fourth-order valence-electron chi connectivity index (χ4n) is 1.62. The number of aromatic nitrogens is 1. The molecule has 0 radical (unpaired) electrons. The van der Waals surface area contributed by atoms with E-state index in [1.54, 1.807) is 24.5 Å². The lowest BCUT2D eigenvalue weighted by Gasteiger charge is -2.05. The Kier molecular flexibility index (Phi) is 4.04. The second kappa shape index (κ2) is 5.93. The van der Waals surface area contributed by atoms with Gasteiger partial charge in [0.05, 0.1) is 6.61 Å². The number of nitrogens with zero attached hydrogens (tertiary/aromatic N) is 1. The first-order chi connectivity index (χ1) is 8.81. The van der Waals surface area contributed by atoms with Gasteiger partial charge in [0, 0.05) is 24.5 Å². The van der Waals surface area contributed by atoms with Crippen molar-refractivity contribution in [2.75, 3.05) is 13.2 Å². The highest BCUT2D eigenvalue weighted by atomic mass is 16.3. The van der Waals surface area contributed by atoms with Gasteiger partial charge in [0.1, 0.15) is 0 Å². The van der Waals surface area contributed by atoms with E-state index in [1.807, 2.05) is 24.3 Å². The fraction of sp³-hybridized carbons (Fsp3) is 0.143. The number of aliphatic hydroxyl groups is 1. The Labute approximate surface area is 105 Å². The van der Waals surface area contributed by atoms with Crippen LogP contribution in [0.3, 0.4) is 0 Å². The SMILES string of the molecule is O=C(NCCO)c1ccc(-c2cccnc2)cc1. The first kappa shape index (κ1) is 12.3. The van der Waals surface area contributed by atoms with Crippen molar-refractivity contribution in [1.29, 1.82) is 0 Å². The van der Waals surface area contributed by atoms with Gasteiger partial charge in [0.15, 0.2) is 0 Å². The number of aliphatic hydroxyl groups excluding tert-OH is 1. The van der Waals surface area contributed by atoms with Crippen LogP contribution in [0.5, 0.6) is 0 Å². The van der Waals surface area contributed by atoms with E-state index in [9.17, 15) is 4.79 Å². The molecule has 4 nitrogen and oxygen atoms in total. The summed E-state index contributed by atoms with van der Waals surface area (Å²) >= 11 is 0. The molecule has 0 unspecified atom stereocenters. The monoisotopic (exact) mass is 242 g/mol. The topological polar surface area (TPSA) is 62.2 Å². The van der Waals surface area contributed by atoms with E-state index < -0.39 is 0 Å². The van der Waals surface area contributed by atoms with Crippen LogP contribution in [0, 0.1) is 0 Å². The summed E-state index contributed by atoms with van der Waals surface area (Å²) in [5.41, 5.74) is 2.61. The van der Waals surface area contributed by atoms with Gasteiger partial charge < -0.3 is 10.4 Å². The first-order valence-corrected chi connectivity index (χ1v) is 5.71. The minimum atomic E-state index is -0.179. The van der Waals surface area contributed by atoms with Crippen molar-refractivity contribution in [2.24, 2.45) is 0 Å². The Balaban J connectivity index is 2.13. The van der Waals surface area contributed by atoms with E-state index in [2.05, 4.69) is 10.3 Å². The smallest absolute Gasteiger partial charge is 0.251 e. The van der Waals surface area contributed by atoms with Gasteiger partial charge in [0.25, 0.3) is 5.91 Å². The molecule has 2 N–H and O–H groups in total. The minimum absolute atomic E-state index is 0.0560. The van der Waals surface area contributed by atoms with Gasteiger partial charge in [-0.3, -0.25) is 9.78 Å². The van der Waals surface area contributed by atoms with Crippen molar-refractivity contribution in [2.45, 2.75) is 0 Å². The number of nitrogens with one attached hydrogen (secondary N) is 1. The zero-order valence-corrected chi connectivity index (χ0v) is 9.84. The molecule has 1 aromatic carbocycles. The van der Waals surface area contributed by atoms with Gasteiger partial charge in [-0.25, -0.2) is 0 Å². The standard InChI is InChI=1S/C14H14N2O2/c17-9-8-16-14(18)12-5-3-11(4-6-12)13-2-1-7-15-10-13/h1-7,10,17H,8-9H2,(H,16,18). The highest BCUT2D eigenvalue weighted by Crippen LogP contribution is 2.18. The number of carbonyl (C=O) groups is 1. The molecule has 1 heterocycles. The van der Waals surface area contributed by atoms with Crippen LogP contribution in [0.2, 0.25) is 0 Å². The van der Waals surface area contributed by atoms with Crippen LogP contribution in [0.15, 0.2) is 48.8 Å². The van der Waals surface area contributed by atoms with Crippen LogP contribution in [0.25, 0.3) is 11.1 Å². The van der Waals surface area contributed by atoms with Crippen LogP contribution in [-0.4, -0.2) is 29.1 Å². The summed E-state index contributed by atoms with van der Waals surface area (Å²) in [6.45, 7) is 0.211. The molecule has 2 rings (SSSR count). The van der Waals surface area contributed by atoms with Crippen LogP contribution in [0.1, 0.15) is 10.4 Å². The fourth-order valence-corrected chi connectivity index (χ4v) is 1.62. The molecule has 0 atom stereocenters. The molecule has 0 bridgehead atoms. The maximum atomic E-state index is 11.6. The molecule has 18 heavy (non-hydrogen) atoms. The summed E-state index contributed by atoms with van der Waals surface area (Å²) in [7, 11) is 0. The van der Waals surface area contributed by atoms with Crippen molar-refractivity contribution in [3.8, 4) is 11.1 Å². The molecule has 4 heteroatoms. The number of carbonyl (C=O) groups excluding carboxylic acids is 1. The number of hydrogen-bond donors (Lipinski definition) is 2. The maximum absolute atomic E-state index is 11.6. The number of pyridine rings is 1.